The molecule has 2 aliphatic rings. The largest absolute Gasteiger partial charge is 0.348 e. The van der Waals surface area contributed by atoms with Crippen molar-refractivity contribution >= 4 is 11.8 Å². The Labute approximate surface area is 183 Å². The van der Waals surface area contributed by atoms with Crippen LogP contribution in [-0.2, 0) is 4.79 Å². The lowest BCUT2D eigenvalue weighted by atomic mass is 9.99. The van der Waals surface area contributed by atoms with Crippen LogP contribution in [0.1, 0.15) is 35.3 Å². The van der Waals surface area contributed by atoms with Crippen LogP contribution in [0.5, 0.6) is 0 Å². The highest BCUT2D eigenvalue weighted by Crippen LogP contribution is 2.24. The molecule has 2 atom stereocenters. The first-order chi connectivity index (χ1) is 15.0. The molecule has 164 valence electrons. The zero-order valence-corrected chi connectivity index (χ0v) is 18.3. The second kappa shape index (κ2) is 9.47. The normalized spacial score (nSPS) is 22.2. The molecule has 3 heterocycles. The first-order valence-electron chi connectivity index (χ1n) is 11.1. The van der Waals surface area contributed by atoms with Crippen LogP contribution < -0.4 is 5.32 Å². The Bertz CT molecular complexity index is 952. The second-order valence-corrected chi connectivity index (χ2v) is 8.65. The number of benzene rings is 1. The second-order valence-electron chi connectivity index (χ2n) is 8.65. The van der Waals surface area contributed by atoms with Gasteiger partial charge < -0.3 is 15.1 Å². The third kappa shape index (κ3) is 4.88. The Balaban J connectivity index is 1.43. The lowest BCUT2D eigenvalue weighted by Crippen LogP contribution is -2.43. The first kappa shape index (κ1) is 21.3. The van der Waals surface area contributed by atoms with Crippen LogP contribution in [0.15, 0.2) is 42.5 Å². The maximum Gasteiger partial charge on any atom is 0.255 e. The molecule has 1 saturated heterocycles. The molecule has 7 nitrogen and oxygen atoms in total. The van der Waals surface area contributed by atoms with E-state index in [0.29, 0.717) is 17.8 Å². The Morgan fingerprint density at radius 1 is 1.13 bits per heavy atom. The summed E-state index contributed by atoms with van der Waals surface area (Å²) in [5.41, 5.74) is 2.93. The summed E-state index contributed by atoms with van der Waals surface area (Å²) in [5.74, 6) is 0.101. The van der Waals surface area contributed by atoms with Crippen molar-refractivity contribution in [3.8, 4) is 11.3 Å². The molecule has 0 unspecified atom stereocenters. The summed E-state index contributed by atoms with van der Waals surface area (Å²) in [6, 6.07) is 9.74. The van der Waals surface area contributed by atoms with E-state index in [9.17, 15) is 9.59 Å². The number of likely N-dealkylation sites (N-methyl/N-ethyl adjacent to an activating group) is 1. The van der Waals surface area contributed by atoms with E-state index in [1.165, 1.54) is 0 Å². The molecule has 2 N–H and O–H groups in total. The van der Waals surface area contributed by atoms with Gasteiger partial charge in [0, 0.05) is 43.5 Å². The first-order valence-corrected chi connectivity index (χ1v) is 11.1. The van der Waals surface area contributed by atoms with E-state index in [1.807, 2.05) is 49.2 Å². The average Bonchev–Trinajstić information content (AvgIpc) is 3.08. The maximum absolute atomic E-state index is 13.2. The fourth-order valence-electron chi connectivity index (χ4n) is 4.60. The third-order valence-electron chi connectivity index (χ3n) is 6.20. The molecule has 1 aromatic carbocycles. The number of likely N-dealkylation sites (tertiary alicyclic amines) is 1. The van der Waals surface area contributed by atoms with Crippen molar-refractivity contribution in [1.82, 2.24) is 25.3 Å². The van der Waals surface area contributed by atoms with Gasteiger partial charge in [-0.25, -0.2) is 0 Å². The summed E-state index contributed by atoms with van der Waals surface area (Å²) in [4.78, 5) is 30.3. The molecule has 0 spiro atoms. The van der Waals surface area contributed by atoms with E-state index >= 15 is 0 Å². The lowest BCUT2D eigenvalue weighted by molar-refractivity contribution is -0.135. The van der Waals surface area contributed by atoms with Crippen LogP contribution in [0.2, 0.25) is 0 Å². The number of rotatable bonds is 4. The Kier molecular flexibility index (Phi) is 6.51. The van der Waals surface area contributed by atoms with E-state index in [2.05, 4.69) is 32.6 Å². The van der Waals surface area contributed by atoms with Crippen LogP contribution >= 0.6 is 0 Å². The van der Waals surface area contributed by atoms with Crippen LogP contribution in [0.3, 0.4) is 0 Å². The molecule has 0 bridgehead atoms. The number of hydrogen-bond acceptors (Lipinski definition) is 4. The zero-order valence-electron chi connectivity index (χ0n) is 18.3. The van der Waals surface area contributed by atoms with Gasteiger partial charge >= 0.3 is 0 Å². The molecule has 2 aromatic rings. The van der Waals surface area contributed by atoms with Crippen molar-refractivity contribution < 1.29 is 9.59 Å². The highest BCUT2D eigenvalue weighted by Gasteiger charge is 2.31. The number of aryl methyl sites for hydroxylation is 1. The summed E-state index contributed by atoms with van der Waals surface area (Å²) in [6.45, 7) is 4.84. The quantitative estimate of drug-likeness (QED) is 0.744. The monoisotopic (exact) mass is 421 g/mol. The Hall–Kier alpha value is -2.93. The minimum Gasteiger partial charge on any atom is -0.348 e. The van der Waals surface area contributed by atoms with Crippen LogP contribution in [0, 0.1) is 12.8 Å². The summed E-state index contributed by atoms with van der Waals surface area (Å²) in [7, 11) is 2.03. The van der Waals surface area contributed by atoms with E-state index in [4.69, 9.17) is 0 Å². The van der Waals surface area contributed by atoms with Gasteiger partial charge in [-0.15, -0.1) is 0 Å². The lowest BCUT2D eigenvalue weighted by Gasteiger charge is -2.28. The van der Waals surface area contributed by atoms with E-state index in [0.717, 1.165) is 50.2 Å². The number of aromatic nitrogens is 2. The van der Waals surface area contributed by atoms with Gasteiger partial charge in [-0.1, -0.05) is 42.5 Å². The molecule has 31 heavy (non-hydrogen) atoms. The van der Waals surface area contributed by atoms with E-state index in [1.54, 1.807) is 0 Å². The minimum atomic E-state index is -0.116. The van der Waals surface area contributed by atoms with Crippen molar-refractivity contribution in [2.75, 3.05) is 33.2 Å². The van der Waals surface area contributed by atoms with E-state index in [-0.39, 0.29) is 23.8 Å². The van der Waals surface area contributed by atoms with Gasteiger partial charge in [-0.3, -0.25) is 14.7 Å². The molecule has 2 amide bonds. The number of carbonyl (C=O) groups is 2. The average molecular weight is 422 g/mol. The molecule has 2 aliphatic heterocycles. The molecule has 0 radical (unpaired) electrons. The molecule has 1 fully saturated rings. The molecule has 4 rings (SSSR count). The smallest absolute Gasteiger partial charge is 0.255 e. The Morgan fingerprint density at radius 2 is 1.94 bits per heavy atom. The number of nitrogens with zero attached hydrogens (tertiary/aromatic N) is 3. The van der Waals surface area contributed by atoms with Crippen molar-refractivity contribution in [3.05, 3.63) is 53.7 Å². The van der Waals surface area contributed by atoms with Crippen molar-refractivity contribution in [3.63, 3.8) is 0 Å². The molecular formula is C24H31N5O2. The fourth-order valence-corrected chi connectivity index (χ4v) is 4.60. The van der Waals surface area contributed by atoms with Gasteiger partial charge in [0.1, 0.15) is 5.69 Å². The molecule has 7 heteroatoms. The van der Waals surface area contributed by atoms with Crippen molar-refractivity contribution in [1.29, 1.82) is 0 Å². The van der Waals surface area contributed by atoms with Crippen LogP contribution in [-0.4, -0.2) is 71.1 Å². The van der Waals surface area contributed by atoms with Gasteiger partial charge in [-0.05, 0) is 33.2 Å². The van der Waals surface area contributed by atoms with Gasteiger partial charge in [0.15, 0.2) is 0 Å². The van der Waals surface area contributed by atoms with Gasteiger partial charge in [-0.2, -0.15) is 5.10 Å². The van der Waals surface area contributed by atoms with Gasteiger partial charge in [0.25, 0.3) is 5.91 Å². The summed E-state index contributed by atoms with van der Waals surface area (Å²) >= 11 is 0. The highest BCUT2D eigenvalue weighted by atomic mass is 16.2. The standard InChI is InChI=1S/C24H31N5O2/c1-17-21(22(27-26-17)18-9-5-3-6-10-18)23(30)25-20-12-11-19(15-28(2)16-20)24(31)29-13-7-4-8-14-29/h3-7,9-10,19-20H,8,11-16H2,1-2H3,(H,25,30)(H,26,27)/t19-,20+/m1/s1. The predicted octanol–water partition coefficient (Wildman–Crippen LogP) is 2.61. The summed E-state index contributed by atoms with van der Waals surface area (Å²) in [5, 5.41) is 10.5. The van der Waals surface area contributed by atoms with Gasteiger partial charge in [0.2, 0.25) is 5.91 Å². The number of amides is 2. The number of H-pyrrole nitrogens is 1. The predicted molar refractivity (Wildman–Crippen MR) is 121 cm³/mol. The zero-order chi connectivity index (χ0) is 21.8. The van der Waals surface area contributed by atoms with Crippen molar-refractivity contribution in [2.24, 2.45) is 5.92 Å². The summed E-state index contributed by atoms with van der Waals surface area (Å²) in [6.07, 6.45) is 6.71. The number of aromatic amines is 1. The molecule has 0 saturated carbocycles. The maximum atomic E-state index is 13.2. The topological polar surface area (TPSA) is 81.3 Å². The number of nitrogens with one attached hydrogen (secondary N) is 2. The van der Waals surface area contributed by atoms with Crippen molar-refractivity contribution in [2.45, 2.75) is 32.2 Å². The van der Waals surface area contributed by atoms with Gasteiger partial charge in [0.05, 0.1) is 11.5 Å². The SMILES string of the molecule is Cc1[nH]nc(-c2ccccc2)c1C(=O)N[C@H]1CC[C@@H](C(=O)N2CC=CCC2)CN(C)C1. The van der Waals surface area contributed by atoms with Crippen LogP contribution in [0.4, 0.5) is 0 Å². The molecule has 1 aromatic heterocycles. The Morgan fingerprint density at radius 3 is 2.68 bits per heavy atom. The third-order valence-corrected chi connectivity index (χ3v) is 6.20. The molecular weight excluding hydrogens is 390 g/mol. The van der Waals surface area contributed by atoms with Crippen LogP contribution in [0.25, 0.3) is 11.3 Å². The minimum absolute atomic E-state index is 0.00512. The number of carbonyl (C=O) groups excluding carboxylic acids is 2. The summed E-state index contributed by atoms with van der Waals surface area (Å²) < 4.78 is 0. The fraction of sp³-hybridized carbons (Fsp3) is 0.458. The molecule has 0 aliphatic carbocycles. The highest BCUT2D eigenvalue weighted by molar-refractivity contribution is 6.01. The van der Waals surface area contributed by atoms with E-state index < -0.39 is 0 Å². The number of hydrogen-bond donors (Lipinski definition) is 2.